The number of anilines is 1. The molecule has 3 aromatic carbocycles. The van der Waals surface area contributed by atoms with Crippen LogP contribution in [0, 0.1) is 0 Å². The number of halogens is 2. The van der Waals surface area contributed by atoms with Crippen molar-refractivity contribution in [1.29, 1.82) is 0 Å². The number of aromatic nitrogens is 1. The Hall–Kier alpha value is -2.53. The first kappa shape index (κ1) is 19.8. The third kappa shape index (κ3) is 4.73. The summed E-state index contributed by atoms with van der Waals surface area (Å²) in [6.07, 6.45) is 1.72. The third-order valence-corrected chi connectivity index (χ3v) is 5.97. The van der Waals surface area contributed by atoms with Gasteiger partial charge >= 0.3 is 0 Å². The van der Waals surface area contributed by atoms with Crippen LogP contribution < -0.4 is 5.32 Å². The molecule has 1 heterocycles. The van der Waals surface area contributed by atoms with E-state index in [4.69, 9.17) is 23.2 Å². The van der Waals surface area contributed by atoms with E-state index in [0.29, 0.717) is 15.7 Å². The van der Waals surface area contributed by atoms with Crippen LogP contribution in [0.1, 0.15) is 10.8 Å². The van der Waals surface area contributed by atoms with Gasteiger partial charge in [0.15, 0.2) is 0 Å². The number of hydrogen-bond donors (Lipinski definition) is 1. The zero-order valence-corrected chi connectivity index (χ0v) is 17.5. The first-order chi connectivity index (χ1) is 14.1. The molecule has 1 N–H and O–H groups in total. The first-order valence-corrected chi connectivity index (χ1v) is 10.6. The molecular formula is C23H16Cl2N2OS. The molecule has 3 nitrogen and oxygen atoms in total. The van der Waals surface area contributed by atoms with Crippen LogP contribution in [0.15, 0.2) is 90.1 Å². The van der Waals surface area contributed by atoms with Crippen LogP contribution in [-0.2, 0) is 4.79 Å². The van der Waals surface area contributed by atoms with Gasteiger partial charge in [0.1, 0.15) is 5.25 Å². The molecule has 4 rings (SSSR count). The summed E-state index contributed by atoms with van der Waals surface area (Å²) < 4.78 is 0. The van der Waals surface area contributed by atoms with Crippen LogP contribution in [-0.4, -0.2) is 10.9 Å². The molecule has 4 aromatic rings. The maximum atomic E-state index is 13.3. The average molecular weight is 439 g/mol. The molecule has 1 amide bonds. The molecule has 0 saturated carbocycles. The monoisotopic (exact) mass is 438 g/mol. The van der Waals surface area contributed by atoms with Crippen LogP contribution >= 0.6 is 35.0 Å². The maximum absolute atomic E-state index is 13.3. The second kappa shape index (κ2) is 8.87. The minimum absolute atomic E-state index is 0.171. The van der Waals surface area contributed by atoms with Crippen LogP contribution in [0.3, 0.4) is 0 Å². The number of hydrogen-bond acceptors (Lipinski definition) is 3. The van der Waals surface area contributed by atoms with Crippen LogP contribution in [0.2, 0.25) is 10.0 Å². The summed E-state index contributed by atoms with van der Waals surface area (Å²) in [6.45, 7) is 0. The van der Waals surface area contributed by atoms with Crippen LogP contribution in [0.25, 0.3) is 10.8 Å². The predicted molar refractivity (Wildman–Crippen MR) is 122 cm³/mol. The molecule has 1 aromatic heterocycles. The van der Waals surface area contributed by atoms with Crippen molar-refractivity contribution in [3.8, 4) is 0 Å². The third-order valence-electron chi connectivity index (χ3n) is 4.35. The summed E-state index contributed by atoms with van der Waals surface area (Å²) in [5.41, 5.74) is 1.48. The van der Waals surface area contributed by atoms with Crippen molar-refractivity contribution in [3.05, 3.63) is 101 Å². The molecule has 1 unspecified atom stereocenters. The summed E-state index contributed by atoms with van der Waals surface area (Å²) in [5.74, 6) is -0.171. The van der Waals surface area contributed by atoms with Crippen LogP contribution in [0.5, 0.6) is 0 Å². The fourth-order valence-corrected chi connectivity index (χ4v) is 4.65. The Labute approximate surface area is 183 Å². The lowest BCUT2D eigenvalue weighted by Gasteiger charge is -2.19. The molecule has 0 aliphatic rings. The molecule has 6 heteroatoms. The predicted octanol–water partition coefficient (Wildman–Crippen LogP) is 7.01. The number of pyridine rings is 1. The second-order valence-corrected chi connectivity index (χ2v) is 8.38. The van der Waals surface area contributed by atoms with E-state index in [2.05, 4.69) is 10.3 Å². The van der Waals surface area contributed by atoms with Gasteiger partial charge in [-0.25, -0.2) is 4.98 Å². The van der Waals surface area contributed by atoms with Gasteiger partial charge in [-0.1, -0.05) is 83.5 Å². The van der Waals surface area contributed by atoms with Crippen molar-refractivity contribution in [3.63, 3.8) is 0 Å². The van der Waals surface area contributed by atoms with Gasteiger partial charge in [0.05, 0.1) is 5.03 Å². The second-order valence-electron chi connectivity index (χ2n) is 6.38. The highest BCUT2D eigenvalue weighted by Gasteiger charge is 2.25. The molecule has 1 atom stereocenters. The topological polar surface area (TPSA) is 42.0 Å². The minimum atomic E-state index is -0.506. The van der Waals surface area contributed by atoms with E-state index >= 15 is 0 Å². The highest BCUT2D eigenvalue weighted by atomic mass is 35.5. The summed E-state index contributed by atoms with van der Waals surface area (Å²) in [5, 5.41) is 6.25. The molecular weight excluding hydrogens is 423 g/mol. The van der Waals surface area contributed by atoms with E-state index in [1.54, 1.807) is 24.4 Å². The first-order valence-electron chi connectivity index (χ1n) is 8.92. The van der Waals surface area contributed by atoms with E-state index in [0.717, 1.165) is 21.4 Å². The zero-order valence-electron chi connectivity index (χ0n) is 15.2. The van der Waals surface area contributed by atoms with Crippen molar-refractivity contribution < 1.29 is 4.79 Å². The van der Waals surface area contributed by atoms with Gasteiger partial charge in [0, 0.05) is 21.9 Å². The standard InChI is InChI=1S/C23H16Cl2N2OS/c24-16-12-17(25)14-18(13-16)27-23(28)22(29-21-10-3-4-11-26-21)20-9-5-7-15-6-1-2-8-19(15)20/h1-14,22H,(H,27,28). The molecule has 144 valence electrons. The van der Waals surface area contributed by atoms with Gasteiger partial charge in [-0.05, 0) is 46.7 Å². The number of rotatable bonds is 5. The van der Waals surface area contributed by atoms with Crippen molar-refractivity contribution in [1.82, 2.24) is 4.98 Å². The Kier molecular flexibility index (Phi) is 6.05. The largest absolute Gasteiger partial charge is 0.325 e. The number of nitrogens with zero attached hydrogens (tertiary/aromatic N) is 1. The van der Waals surface area contributed by atoms with Crippen molar-refractivity contribution in [2.75, 3.05) is 5.32 Å². The number of carbonyl (C=O) groups excluding carboxylic acids is 1. The quantitative estimate of drug-likeness (QED) is 0.340. The number of amides is 1. The maximum Gasteiger partial charge on any atom is 0.242 e. The number of nitrogens with one attached hydrogen (secondary N) is 1. The van der Waals surface area contributed by atoms with Crippen molar-refractivity contribution >= 4 is 57.3 Å². The van der Waals surface area contributed by atoms with Crippen molar-refractivity contribution in [2.24, 2.45) is 0 Å². The number of fused-ring (bicyclic) bond motifs is 1. The van der Waals surface area contributed by atoms with Gasteiger partial charge in [0.25, 0.3) is 0 Å². The van der Waals surface area contributed by atoms with E-state index in [1.165, 1.54) is 11.8 Å². The number of carbonyl (C=O) groups is 1. The number of benzene rings is 3. The molecule has 0 bridgehead atoms. The molecule has 0 aliphatic heterocycles. The Bertz CT molecular complexity index is 1140. The zero-order chi connectivity index (χ0) is 20.2. The SMILES string of the molecule is O=C(Nc1cc(Cl)cc(Cl)c1)C(Sc1ccccn1)c1cccc2ccccc12. The van der Waals surface area contributed by atoms with E-state index in [1.807, 2.05) is 60.7 Å². The molecule has 0 aliphatic carbocycles. The Morgan fingerprint density at radius 2 is 1.62 bits per heavy atom. The van der Waals surface area contributed by atoms with Gasteiger partial charge in [-0.15, -0.1) is 0 Å². The Balaban J connectivity index is 1.74. The molecule has 0 radical (unpaired) electrons. The highest BCUT2D eigenvalue weighted by molar-refractivity contribution is 8.00. The smallest absolute Gasteiger partial charge is 0.242 e. The Morgan fingerprint density at radius 3 is 2.38 bits per heavy atom. The van der Waals surface area contributed by atoms with E-state index < -0.39 is 5.25 Å². The minimum Gasteiger partial charge on any atom is -0.325 e. The van der Waals surface area contributed by atoms with Gasteiger partial charge < -0.3 is 5.32 Å². The lowest BCUT2D eigenvalue weighted by Crippen LogP contribution is -2.19. The molecule has 0 saturated heterocycles. The highest BCUT2D eigenvalue weighted by Crippen LogP contribution is 2.38. The molecule has 0 spiro atoms. The molecule has 0 fully saturated rings. The summed E-state index contributed by atoms with van der Waals surface area (Å²) in [4.78, 5) is 17.7. The fourth-order valence-electron chi connectivity index (χ4n) is 3.11. The van der Waals surface area contributed by atoms with E-state index in [9.17, 15) is 4.79 Å². The van der Waals surface area contributed by atoms with Crippen molar-refractivity contribution in [2.45, 2.75) is 10.3 Å². The summed E-state index contributed by atoms with van der Waals surface area (Å²) in [7, 11) is 0. The Morgan fingerprint density at radius 1 is 0.897 bits per heavy atom. The van der Waals surface area contributed by atoms with Gasteiger partial charge in [-0.3, -0.25) is 4.79 Å². The molecule has 29 heavy (non-hydrogen) atoms. The lowest BCUT2D eigenvalue weighted by molar-refractivity contribution is -0.115. The summed E-state index contributed by atoms with van der Waals surface area (Å²) >= 11 is 13.6. The summed E-state index contributed by atoms with van der Waals surface area (Å²) in [6, 6.07) is 24.6. The lowest BCUT2D eigenvalue weighted by atomic mass is 10.0. The average Bonchev–Trinajstić information content (AvgIpc) is 2.71. The van der Waals surface area contributed by atoms with Gasteiger partial charge in [-0.2, -0.15) is 0 Å². The normalized spacial score (nSPS) is 11.9. The van der Waals surface area contributed by atoms with Crippen LogP contribution in [0.4, 0.5) is 5.69 Å². The number of thioether (sulfide) groups is 1. The van der Waals surface area contributed by atoms with Gasteiger partial charge in [0.2, 0.25) is 5.91 Å². The van der Waals surface area contributed by atoms with E-state index in [-0.39, 0.29) is 5.91 Å². The fraction of sp³-hybridized carbons (Fsp3) is 0.0435.